The summed E-state index contributed by atoms with van der Waals surface area (Å²) >= 11 is 0. The Morgan fingerprint density at radius 2 is 0.955 bits per heavy atom. The van der Waals surface area contributed by atoms with Crippen molar-refractivity contribution in [1.29, 1.82) is 0 Å². The highest BCUT2D eigenvalue weighted by molar-refractivity contribution is 6.27. The molecule has 0 heterocycles. The van der Waals surface area contributed by atoms with E-state index in [1.165, 1.54) is 39.9 Å². The van der Waals surface area contributed by atoms with E-state index in [0.717, 1.165) is 63.4 Å². The number of rotatable bonds is 17. The fourth-order valence-corrected chi connectivity index (χ4v) is 5.62. The second kappa shape index (κ2) is 19.2. The highest BCUT2D eigenvalue weighted by Crippen LogP contribution is 2.30. The van der Waals surface area contributed by atoms with Crippen molar-refractivity contribution in [3.63, 3.8) is 0 Å². The molecule has 0 saturated heterocycles. The van der Waals surface area contributed by atoms with Crippen LogP contribution >= 0.6 is 0 Å². The number of carbonyl (C=O) groups is 2. The molecule has 0 aliphatic heterocycles. The Morgan fingerprint density at radius 3 is 1.39 bits per heavy atom. The van der Waals surface area contributed by atoms with Crippen LogP contribution in [0, 0.1) is 6.92 Å². The van der Waals surface area contributed by atoms with Gasteiger partial charge < -0.3 is 0 Å². The van der Waals surface area contributed by atoms with E-state index in [0.29, 0.717) is 28.7 Å². The number of hydrogen-bond donors (Lipinski definition) is 0. The number of carbonyl (C=O) groups excluding carboxylic acids is 2. The molecule has 1 aromatic rings. The number of allylic oxidation sites excluding steroid dienone is 14. The Labute approximate surface area is 269 Å². The normalized spacial score (nSPS) is 15.2. The molecule has 1 aromatic carbocycles. The van der Waals surface area contributed by atoms with E-state index in [2.05, 4.69) is 84.9 Å². The zero-order valence-corrected chi connectivity index (χ0v) is 29.3. The summed E-state index contributed by atoms with van der Waals surface area (Å²) in [6.07, 6.45) is 25.6. The molecule has 2 nitrogen and oxygen atoms in total. The van der Waals surface area contributed by atoms with E-state index in [9.17, 15) is 9.59 Å². The summed E-state index contributed by atoms with van der Waals surface area (Å²) in [7, 11) is 0. The molecule has 238 valence electrons. The Hall–Kier alpha value is -3.26. The number of fused-ring (bicyclic) bond motifs is 1. The van der Waals surface area contributed by atoms with Crippen LogP contribution in [0.4, 0.5) is 0 Å². The van der Waals surface area contributed by atoms with Crippen molar-refractivity contribution in [3.8, 4) is 0 Å². The largest absolute Gasteiger partial charge is 0.289 e. The van der Waals surface area contributed by atoms with Crippen LogP contribution in [0.3, 0.4) is 0 Å². The van der Waals surface area contributed by atoms with Gasteiger partial charge in [0, 0.05) is 22.3 Å². The van der Waals surface area contributed by atoms with Crippen LogP contribution in [-0.2, 0) is 0 Å². The standard InChI is InChI=1S/C42H58O2/c1-30(2)16-10-17-31(3)18-11-19-32(4)20-12-21-33(5)22-13-23-34(6)24-14-25-35(7)28-29-38-37(9)41(43)40-36(8)26-15-27-39(40)42(38)44/h15-16,18,20,22,24,26-28H,10-14,17,19,21,23,25,29H2,1-9H3. The molecular weight excluding hydrogens is 536 g/mol. The first-order chi connectivity index (χ1) is 20.9. The molecule has 0 fully saturated rings. The molecule has 0 atom stereocenters. The lowest BCUT2D eigenvalue weighted by Gasteiger charge is -2.20. The first kappa shape index (κ1) is 36.9. The van der Waals surface area contributed by atoms with Gasteiger partial charge in [-0.15, -0.1) is 0 Å². The van der Waals surface area contributed by atoms with Crippen LogP contribution in [-0.4, -0.2) is 11.6 Å². The van der Waals surface area contributed by atoms with E-state index in [-0.39, 0.29) is 11.6 Å². The molecule has 0 unspecified atom stereocenters. The summed E-state index contributed by atoms with van der Waals surface area (Å²) < 4.78 is 0. The van der Waals surface area contributed by atoms with Gasteiger partial charge >= 0.3 is 0 Å². The fourth-order valence-electron chi connectivity index (χ4n) is 5.62. The maximum absolute atomic E-state index is 13.1. The average Bonchev–Trinajstić information content (AvgIpc) is 2.95. The van der Waals surface area contributed by atoms with E-state index < -0.39 is 0 Å². The molecular formula is C42H58O2. The lowest BCUT2D eigenvalue weighted by atomic mass is 9.81. The van der Waals surface area contributed by atoms with Gasteiger partial charge in [0.05, 0.1) is 0 Å². The monoisotopic (exact) mass is 594 g/mol. The van der Waals surface area contributed by atoms with E-state index in [4.69, 9.17) is 0 Å². The molecule has 2 heteroatoms. The average molecular weight is 595 g/mol. The third kappa shape index (κ3) is 12.8. The van der Waals surface area contributed by atoms with E-state index in [1.807, 2.05) is 19.1 Å². The van der Waals surface area contributed by atoms with Gasteiger partial charge in [-0.25, -0.2) is 0 Å². The lowest BCUT2D eigenvalue weighted by Crippen LogP contribution is -2.21. The molecule has 1 aliphatic carbocycles. The molecule has 0 aromatic heterocycles. The molecule has 44 heavy (non-hydrogen) atoms. The Bertz CT molecular complexity index is 1380. The van der Waals surface area contributed by atoms with Crippen molar-refractivity contribution in [2.45, 2.75) is 133 Å². The third-order valence-corrected chi connectivity index (χ3v) is 8.68. The van der Waals surface area contributed by atoms with Crippen LogP contribution < -0.4 is 0 Å². The summed E-state index contributed by atoms with van der Waals surface area (Å²) in [5.41, 5.74) is 11.8. The predicted octanol–water partition coefficient (Wildman–Crippen LogP) is 12.7. The number of hydrogen-bond acceptors (Lipinski definition) is 2. The summed E-state index contributed by atoms with van der Waals surface area (Å²) in [5.74, 6) is -0.00703. The van der Waals surface area contributed by atoms with Crippen LogP contribution in [0.2, 0.25) is 0 Å². The number of ketones is 2. The summed E-state index contributed by atoms with van der Waals surface area (Å²) in [4.78, 5) is 26.1. The highest BCUT2D eigenvalue weighted by atomic mass is 16.1. The van der Waals surface area contributed by atoms with Gasteiger partial charge in [-0.05, 0) is 139 Å². The van der Waals surface area contributed by atoms with Crippen molar-refractivity contribution in [2.75, 3.05) is 0 Å². The highest BCUT2D eigenvalue weighted by Gasteiger charge is 2.30. The first-order valence-electron chi connectivity index (χ1n) is 16.7. The summed E-state index contributed by atoms with van der Waals surface area (Å²) in [6.45, 7) is 19.2. The van der Waals surface area contributed by atoms with Gasteiger partial charge in [0.15, 0.2) is 11.6 Å². The minimum atomic E-state index is -0.00641. The van der Waals surface area contributed by atoms with Crippen LogP contribution in [0.15, 0.2) is 99.2 Å². The van der Waals surface area contributed by atoms with E-state index in [1.54, 1.807) is 13.0 Å². The number of Topliss-reactive ketones (excluding diaryl/α,β-unsaturated/α-hetero) is 2. The van der Waals surface area contributed by atoms with Gasteiger partial charge in [0.25, 0.3) is 0 Å². The number of benzene rings is 1. The maximum Gasteiger partial charge on any atom is 0.190 e. The van der Waals surface area contributed by atoms with Gasteiger partial charge in [0.2, 0.25) is 0 Å². The third-order valence-electron chi connectivity index (χ3n) is 8.68. The van der Waals surface area contributed by atoms with Crippen molar-refractivity contribution in [1.82, 2.24) is 0 Å². The predicted molar refractivity (Wildman–Crippen MR) is 192 cm³/mol. The quantitative estimate of drug-likeness (QED) is 0.168. The second-order valence-corrected chi connectivity index (χ2v) is 13.2. The molecule has 2 rings (SSSR count). The Balaban J connectivity index is 1.71. The van der Waals surface area contributed by atoms with Gasteiger partial charge in [-0.1, -0.05) is 88.1 Å². The molecule has 0 N–H and O–H groups in total. The zero-order valence-electron chi connectivity index (χ0n) is 29.3. The Morgan fingerprint density at radius 1 is 0.545 bits per heavy atom. The van der Waals surface area contributed by atoms with Crippen molar-refractivity contribution < 1.29 is 9.59 Å². The molecule has 0 saturated carbocycles. The number of aryl methyl sites for hydroxylation is 1. The van der Waals surface area contributed by atoms with Crippen LogP contribution in [0.25, 0.3) is 0 Å². The molecule has 1 aliphatic rings. The van der Waals surface area contributed by atoms with Gasteiger partial charge in [-0.2, -0.15) is 0 Å². The first-order valence-corrected chi connectivity index (χ1v) is 16.7. The van der Waals surface area contributed by atoms with Crippen molar-refractivity contribution >= 4 is 11.6 Å². The van der Waals surface area contributed by atoms with Crippen LogP contribution in [0.1, 0.15) is 152 Å². The summed E-state index contributed by atoms with van der Waals surface area (Å²) in [5, 5.41) is 0. The van der Waals surface area contributed by atoms with E-state index >= 15 is 0 Å². The zero-order chi connectivity index (χ0) is 32.6. The van der Waals surface area contributed by atoms with Crippen molar-refractivity contribution in [2.24, 2.45) is 0 Å². The second-order valence-electron chi connectivity index (χ2n) is 13.2. The molecule has 0 spiro atoms. The summed E-state index contributed by atoms with van der Waals surface area (Å²) in [6, 6.07) is 5.54. The lowest BCUT2D eigenvalue weighted by molar-refractivity contribution is 0.0972. The minimum absolute atomic E-state index is 0.000618. The smallest absolute Gasteiger partial charge is 0.190 e. The fraction of sp³-hybridized carbons (Fsp3) is 0.476. The van der Waals surface area contributed by atoms with Gasteiger partial charge in [-0.3, -0.25) is 9.59 Å². The van der Waals surface area contributed by atoms with Crippen LogP contribution in [0.5, 0.6) is 0 Å². The maximum atomic E-state index is 13.1. The minimum Gasteiger partial charge on any atom is -0.289 e. The molecule has 0 bridgehead atoms. The van der Waals surface area contributed by atoms with Gasteiger partial charge in [0.1, 0.15) is 0 Å². The molecule has 0 amide bonds. The van der Waals surface area contributed by atoms with Crippen molar-refractivity contribution in [3.05, 3.63) is 116 Å². The Kier molecular flexibility index (Phi) is 16.1. The topological polar surface area (TPSA) is 34.1 Å². The molecule has 0 radical (unpaired) electrons. The SMILES string of the molecule is CC(C)=CCCC(C)=CCCC(C)=CCCC(C)=CCCC(C)=CCCC(C)=CCC1=C(C)C(=O)c2c(C)cccc2C1=O.